The first-order valence-corrected chi connectivity index (χ1v) is 5.45. The van der Waals surface area contributed by atoms with Gasteiger partial charge in [-0.25, -0.2) is 0 Å². The van der Waals surface area contributed by atoms with Gasteiger partial charge in [-0.1, -0.05) is 0 Å². The molecule has 0 N–H and O–H groups in total. The van der Waals surface area contributed by atoms with Gasteiger partial charge in [-0.3, -0.25) is 0 Å². The standard InChI is InChI=1S/C13H15.Li/c1-4-11-7-12-6-9(2)5-10(3)13(12)8-11;/h5-8H,4H2,1-3H3;. The summed E-state index contributed by atoms with van der Waals surface area (Å²) >= 11 is 2.32. The number of rotatable bonds is 1. The fourth-order valence-electron chi connectivity index (χ4n) is 2.49. The quantitative estimate of drug-likeness (QED) is 0.579. The van der Waals surface area contributed by atoms with Gasteiger partial charge in [0, 0.05) is 0 Å². The van der Waals surface area contributed by atoms with E-state index in [-0.39, 0.29) is 0 Å². The van der Waals surface area contributed by atoms with Gasteiger partial charge in [0.2, 0.25) is 0 Å². The van der Waals surface area contributed by atoms with Crippen LogP contribution in [0.25, 0.3) is 6.08 Å². The summed E-state index contributed by atoms with van der Waals surface area (Å²) in [7, 11) is 0. The molecule has 1 aromatic rings. The maximum atomic E-state index is 2.38. The van der Waals surface area contributed by atoms with Gasteiger partial charge in [-0.15, -0.1) is 0 Å². The van der Waals surface area contributed by atoms with Gasteiger partial charge in [0.05, 0.1) is 0 Å². The second-order valence-corrected chi connectivity index (χ2v) is 4.38. The van der Waals surface area contributed by atoms with Crippen LogP contribution in [0.2, 0.25) is 0 Å². The van der Waals surface area contributed by atoms with Crippen LogP contribution in [0.15, 0.2) is 17.7 Å². The van der Waals surface area contributed by atoms with Crippen LogP contribution >= 0.6 is 0 Å². The molecular formula is C13H15Li. The zero-order valence-corrected chi connectivity index (χ0v) is 9.52. The summed E-state index contributed by atoms with van der Waals surface area (Å²) in [6.45, 7) is 6.65. The molecule has 68 valence electrons. The van der Waals surface area contributed by atoms with Crippen LogP contribution < -0.4 is 0 Å². The summed E-state index contributed by atoms with van der Waals surface area (Å²) in [4.78, 5) is 0. The number of fused-ring (bicyclic) bond motifs is 1. The van der Waals surface area contributed by atoms with Crippen molar-refractivity contribution >= 4 is 23.8 Å². The van der Waals surface area contributed by atoms with Crippen molar-refractivity contribution in [3.05, 3.63) is 40.0 Å². The minimum absolute atomic E-state index is 0.633. The first-order chi connectivity index (χ1) is 6.63. The van der Waals surface area contributed by atoms with Gasteiger partial charge in [0.25, 0.3) is 0 Å². The molecule has 1 heteroatoms. The van der Waals surface area contributed by atoms with E-state index in [0.29, 0.717) is 4.59 Å². The van der Waals surface area contributed by atoms with Gasteiger partial charge in [-0.05, 0) is 0 Å². The van der Waals surface area contributed by atoms with Crippen LogP contribution in [0.3, 0.4) is 0 Å². The van der Waals surface area contributed by atoms with Gasteiger partial charge in [0.1, 0.15) is 0 Å². The van der Waals surface area contributed by atoms with Crippen LogP contribution in [0.1, 0.15) is 40.2 Å². The molecule has 0 aromatic heterocycles. The molecule has 1 atom stereocenters. The molecule has 0 aliphatic heterocycles. The van der Waals surface area contributed by atoms with E-state index in [1.54, 1.807) is 5.57 Å². The fourth-order valence-corrected chi connectivity index (χ4v) is 2.49. The molecule has 0 bridgehead atoms. The SMILES string of the molecule is [Li][CH]1C(CC)=Cc2c(C)cc(C)cc21. The average Bonchev–Trinajstić information content (AvgIpc) is 2.44. The van der Waals surface area contributed by atoms with Crippen molar-refractivity contribution in [3.8, 4) is 0 Å². The first-order valence-electron chi connectivity index (χ1n) is 5.45. The van der Waals surface area contributed by atoms with E-state index in [0.717, 1.165) is 0 Å². The Balaban J connectivity index is 2.58. The predicted molar refractivity (Wildman–Crippen MR) is 62.7 cm³/mol. The van der Waals surface area contributed by atoms with Crippen LogP contribution in [0, 0.1) is 13.8 Å². The third kappa shape index (κ3) is 1.47. The van der Waals surface area contributed by atoms with Crippen molar-refractivity contribution < 1.29 is 0 Å². The Morgan fingerprint density at radius 1 is 1.29 bits per heavy atom. The molecule has 0 heterocycles. The number of hydrogen-bond donors (Lipinski definition) is 0. The van der Waals surface area contributed by atoms with Crippen LogP contribution in [0.5, 0.6) is 0 Å². The summed E-state index contributed by atoms with van der Waals surface area (Å²) < 4.78 is 0.633. The van der Waals surface area contributed by atoms with Crippen molar-refractivity contribution in [1.29, 1.82) is 0 Å². The number of benzene rings is 1. The molecule has 0 radical (unpaired) electrons. The second kappa shape index (κ2) is 3.61. The Morgan fingerprint density at radius 3 is 2.64 bits per heavy atom. The van der Waals surface area contributed by atoms with Crippen molar-refractivity contribution in [1.82, 2.24) is 0 Å². The molecule has 0 saturated carbocycles. The van der Waals surface area contributed by atoms with Gasteiger partial charge < -0.3 is 0 Å². The van der Waals surface area contributed by atoms with Crippen molar-refractivity contribution in [2.45, 2.75) is 31.8 Å². The zero-order valence-electron chi connectivity index (χ0n) is 9.52. The molecule has 0 fully saturated rings. The molecule has 0 saturated heterocycles. The summed E-state index contributed by atoms with van der Waals surface area (Å²) in [5, 5.41) is 0. The topological polar surface area (TPSA) is 0 Å². The first kappa shape index (κ1) is 10.1. The molecule has 0 amide bonds. The summed E-state index contributed by atoms with van der Waals surface area (Å²) in [6, 6.07) is 4.62. The number of allylic oxidation sites excluding steroid dienone is 1. The normalized spacial score (nSPS) is 19.5. The monoisotopic (exact) mass is 178 g/mol. The van der Waals surface area contributed by atoms with Gasteiger partial charge in [-0.2, -0.15) is 0 Å². The predicted octanol–water partition coefficient (Wildman–Crippen LogP) is 3.32. The van der Waals surface area contributed by atoms with Gasteiger partial charge >= 0.3 is 95.5 Å². The summed E-state index contributed by atoms with van der Waals surface area (Å²) in [5.74, 6) is 0. The molecule has 2 rings (SSSR count). The summed E-state index contributed by atoms with van der Waals surface area (Å²) in [5.41, 5.74) is 7.39. The third-order valence-electron chi connectivity index (χ3n) is 3.32. The van der Waals surface area contributed by atoms with E-state index in [4.69, 9.17) is 0 Å². The average molecular weight is 178 g/mol. The summed E-state index contributed by atoms with van der Waals surface area (Å²) in [6.07, 6.45) is 3.56. The molecule has 1 aliphatic carbocycles. The van der Waals surface area contributed by atoms with Gasteiger partial charge in [0.15, 0.2) is 0 Å². The van der Waals surface area contributed by atoms with Crippen LogP contribution in [-0.4, -0.2) is 17.7 Å². The Labute approximate surface area is 95.6 Å². The Bertz CT molecular complexity index is 402. The molecule has 0 spiro atoms. The molecule has 1 unspecified atom stereocenters. The minimum atomic E-state index is 0.633. The van der Waals surface area contributed by atoms with Crippen LogP contribution in [0.4, 0.5) is 0 Å². The molecule has 14 heavy (non-hydrogen) atoms. The van der Waals surface area contributed by atoms with E-state index < -0.39 is 0 Å². The van der Waals surface area contributed by atoms with E-state index in [2.05, 4.69) is 56.7 Å². The second-order valence-electron chi connectivity index (χ2n) is 4.38. The molecule has 1 aliphatic rings. The molecule has 0 nitrogen and oxygen atoms in total. The maximum absolute atomic E-state index is 2.38. The Kier molecular flexibility index (Phi) is 2.60. The van der Waals surface area contributed by atoms with E-state index >= 15 is 0 Å². The molecular weight excluding hydrogens is 163 g/mol. The molecule has 1 aromatic carbocycles. The fraction of sp³-hybridized carbons (Fsp3) is 0.385. The number of hydrogen-bond acceptors (Lipinski definition) is 0. The van der Waals surface area contributed by atoms with Crippen molar-refractivity contribution in [2.75, 3.05) is 0 Å². The van der Waals surface area contributed by atoms with Crippen molar-refractivity contribution in [2.24, 2.45) is 0 Å². The van der Waals surface area contributed by atoms with Crippen molar-refractivity contribution in [3.63, 3.8) is 0 Å². The van der Waals surface area contributed by atoms with E-state index in [9.17, 15) is 0 Å². The Morgan fingerprint density at radius 2 is 2.00 bits per heavy atom. The Hall–Kier alpha value is -0.443. The van der Waals surface area contributed by atoms with Crippen LogP contribution in [-0.2, 0) is 0 Å². The number of aryl methyl sites for hydroxylation is 2. The third-order valence-corrected chi connectivity index (χ3v) is 3.32. The van der Waals surface area contributed by atoms with E-state index in [1.807, 2.05) is 0 Å². The zero-order chi connectivity index (χ0) is 10.3. The van der Waals surface area contributed by atoms with E-state index in [1.165, 1.54) is 28.7 Å².